The molecule has 2 N–H and O–H groups in total. The fourth-order valence-corrected chi connectivity index (χ4v) is 2.94. The number of fused-ring (bicyclic) bond motifs is 2. The van der Waals surface area contributed by atoms with E-state index in [4.69, 9.17) is 0 Å². The summed E-state index contributed by atoms with van der Waals surface area (Å²) in [4.78, 5) is 12.2. The molecule has 0 saturated carbocycles. The van der Waals surface area contributed by atoms with Gasteiger partial charge in [0.2, 0.25) is 5.91 Å². The average molecular weight is 216 g/mol. The van der Waals surface area contributed by atoms with Gasteiger partial charge < -0.3 is 10.6 Å². The average Bonchev–Trinajstić information content (AvgIpc) is 2.57. The number of amides is 1. The summed E-state index contributed by atoms with van der Waals surface area (Å²) in [7, 11) is 0. The number of aryl methyl sites for hydroxylation is 1. The standard InChI is InChI=1S/C13H16N2O/c1-9-3-2-4-10-11(9)15-12(16)13(10)5-7-14-8-6-13/h2-4,14H,5-8H2,1H3,(H,15,16). The summed E-state index contributed by atoms with van der Waals surface area (Å²) in [5.74, 6) is 0.193. The van der Waals surface area contributed by atoms with Crippen molar-refractivity contribution in [3.8, 4) is 0 Å². The maximum absolute atomic E-state index is 12.2. The maximum atomic E-state index is 12.2. The highest BCUT2D eigenvalue weighted by atomic mass is 16.2. The highest BCUT2D eigenvalue weighted by Gasteiger charge is 2.47. The highest BCUT2D eigenvalue weighted by Crippen LogP contribution is 2.44. The number of carbonyl (C=O) groups excluding carboxylic acids is 1. The van der Waals surface area contributed by atoms with E-state index in [-0.39, 0.29) is 11.3 Å². The van der Waals surface area contributed by atoms with Crippen molar-refractivity contribution in [3.63, 3.8) is 0 Å². The van der Waals surface area contributed by atoms with Gasteiger partial charge in [-0.3, -0.25) is 4.79 Å². The van der Waals surface area contributed by atoms with Crippen molar-refractivity contribution in [1.82, 2.24) is 5.32 Å². The number of anilines is 1. The third-order valence-electron chi connectivity index (χ3n) is 3.92. The van der Waals surface area contributed by atoms with Gasteiger partial charge in [0.05, 0.1) is 5.41 Å². The lowest BCUT2D eigenvalue weighted by Crippen LogP contribution is -2.44. The molecule has 3 heteroatoms. The van der Waals surface area contributed by atoms with E-state index in [0.717, 1.165) is 31.6 Å². The van der Waals surface area contributed by atoms with E-state index < -0.39 is 0 Å². The molecule has 0 aromatic heterocycles. The molecule has 1 saturated heterocycles. The molecule has 1 spiro atoms. The molecule has 16 heavy (non-hydrogen) atoms. The molecule has 3 rings (SSSR count). The molecule has 0 atom stereocenters. The van der Waals surface area contributed by atoms with Gasteiger partial charge in [-0.15, -0.1) is 0 Å². The van der Waals surface area contributed by atoms with Crippen LogP contribution in [0, 0.1) is 6.92 Å². The Labute approximate surface area is 95.2 Å². The van der Waals surface area contributed by atoms with Crippen molar-refractivity contribution in [1.29, 1.82) is 0 Å². The molecular weight excluding hydrogens is 200 g/mol. The molecule has 1 aromatic rings. The maximum Gasteiger partial charge on any atom is 0.235 e. The van der Waals surface area contributed by atoms with Crippen LogP contribution in [-0.4, -0.2) is 19.0 Å². The number of carbonyl (C=O) groups is 1. The number of piperidine rings is 1. The second-order valence-electron chi connectivity index (χ2n) is 4.78. The lowest BCUT2D eigenvalue weighted by molar-refractivity contribution is -0.121. The zero-order chi connectivity index (χ0) is 11.2. The van der Waals surface area contributed by atoms with Gasteiger partial charge >= 0.3 is 0 Å². The van der Waals surface area contributed by atoms with Crippen LogP contribution in [0.3, 0.4) is 0 Å². The molecule has 2 aliphatic heterocycles. The van der Waals surface area contributed by atoms with E-state index in [0.29, 0.717) is 0 Å². The van der Waals surface area contributed by atoms with E-state index in [1.54, 1.807) is 0 Å². The Morgan fingerprint density at radius 3 is 2.75 bits per heavy atom. The highest BCUT2D eigenvalue weighted by molar-refractivity contribution is 6.07. The third-order valence-corrected chi connectivity index (χ3v) is 3.92. The number of para-hydroxylation sites is 1. The lowest BCUT2D eigenvalue weighted by atomic mass is 9.74. The fourth-order valence-electron chi connectivity index (χ4n) is 2.94. The summed E-state index contributed by atoms with van der Waals surface area (Å²) in [5, 5.41) is 6.38. The van der Waals surface area contributed by atoms with Gasteiger partial charge in [0.25, 0.3) is 0 Å². The minimum atomic E-state index is -0.257. The van der Waals surface area contributed by atoms with Crippen molar-refractivity contribution in [2.24, 2.45) is 0 Å². The van der Waals surface area contributed by atoms with Crippen molar-refractivity contribution in [2.75, 3.05) is 18.4 Å². The molecule has 0 bridgehead atoms. The Morgan fingerprint density at radius 2 is 2.00 bits per heavy atom. The van der Waals surface area contributed by atoms with Crippen molar-refractivity contribution >= 4 is 11.6 Å². The Bertz CT molecular complexity index is 447. The predicted molar refractivity (Wildman–Crippen MR) is 63.6 cm³/mol. The van der Waals surface area contributed by atoms with E-state index in [2.05, 4.69) is 35.8 Å². The van der Waals surface area contributed by atoms with Crippen LogP contribution in [0.5, 0.6) is 0 Å². The molecule has 0 unspecified atom stereocenters. The Morgan fingerprint density at radius 1 is 1.25 bits per heavy atom. The molecule has 84 valence electrons. The van der Waals surface area contributed by atoms with Crippen LogP contribution in [0.1, 0.15) is 24.0 Å². The van der Waals surface area contributed by atoms with Crippen molar-refractivity contribution in [3.05, 3.63) is 29.3 Å². The van der Waals surface area contributed by atoms with Crippen LogP contribution in [0.4, 0.5) is 5.69 Å². The zero-order valence-electron chi connectivity index (χ0n) is 9.47. The summed E-state index contributed by atoms with van der Waals surface area (Å²) in [5.41, 5.74) is 3.17. The SMILES string of the molecule is Cc1cccc2c1NC(=O)C21CCNCC1. The summed E-state index contributed by atoms with van der Waals surface area (Å²) in [6.45, 7) is 3.92. The Balaban J connectivity index is 2.15. The first-order chi connectivity index (χ1) is 7.74. The van der Waals surface area contributed by atoms with Gasteiger partial charge in [-0.25, -0.2) is 0 Å². The summed E-state index contributed by atoms with van der Waals surface area (Å²) in [6, 6.07) is 6.21. The summed E-state index contributed by atoms with van der Waals surface area (Å²) >= 11 is 0. The summed E-state index contributed by atoms with van der Waals surface area (Å²) in [6.07, 6.45) is 1.82. The van der Waals surface area contributed by atoms with Crippen LogP contribution >= 0.6 is 0 Å². The first-order valence-corrected chi connectivity index (χ1v) is 5.86. The van der Waals surface area contributed by atoms with E-state index in [9.17, 15) is 4.79 Å². The summed E-state index contributed by atoms with van der Waals surface area (Å²) < 4.78 is 0. The smallest absolute Gasteiger partial charge is 0.235 e. The predicted octanol–water partition coefficient (Wildman–Crippen LogP) is 1.57. The molecule has 0 radical (unpaired) electrons. The van der Waals surface area contributed by atoms with Crippen molar-refractivity contribution < 1.29 is 4.79 Å². The van der Waals surface area contributed by atoms with E-state index >= 15 is 0 Å². The van der Waals surface area contributed by atoms with Gasteiger partial charge in [0, 0.05) is 5.69 Å². The molecule has 2 aliphatic rings. The molecule has 1 amide bonds. The minimum Gasteiger partial charge on any atom is -0.325 e. The van der Waals surface area contributed by atoms with E-state index in [1.165, 1.54) is 11.1 Å². The monoisotopic (exact) mass is 216 g/mol. The number of benzene rings is 1. The molecule has 1 fully saturated rings. The van der Waals surface area contributed by atoms with Crippen LogP contribution in [0.2, 0.25) is 0 Å². The van der Waals surface area contributed by atoms with Crippen LogP contribution in [0.25, 0.3) is 0 Å². The Kier molecular flexibility index (Phi) is 2.04. The topological polar surface area (TPSA) is 41.1 Å². The number of nitrogens with one attached hydrogen (secondary N) is 2. The fraction of sp³-hybridized carbons (Fsp3) is 0.462. The largest absolute Gasteiger partial charge is 0.325 e. The third kappa shape index (κ3) is 1.15. The van der Waals surface area contributed by atoms with Gasteiger partial charge in [0.15, 0.2) is 0 Å². The van der Waals surface area contributed by atoms with Crippen LogP contribution < -0.4 is 10.6 Å². The molecule has 1 aromatic carbocycles. The molecular formula is C13H16N2O. The molecule has 2 heterocycles. The second-order valence-corrected chi connectivity index (χ2v) is 4.78. The lowest BCUT2D eigenvalue weighted by Gasteiger charge is -2.31. The normalized spacial score (nSPS) is 21.9. The van der Waals surface area contributed by atoms with Gasteiger partial charge in [0.1, 0.15) is 0 Å². The van der Waals surface area contributed by atoms with Gasteiger partial charge in [-0.05, 0) is 44.0 Å². The van der Waals surface area contributed by atoms with Crippen molar-refractivity contribution in [2.45, 2.75) is 25.2 Å². The minimum absolute atomic E-state index is 0.193. The van der Waals surface area contributed by atoms with E-state index in [1.807, 2.05) is 0 Å². The van der Waals surface area contributed by atoms with Crippen LogP contribution in [-0.2, 0) is 10.2 Å². The van der Waals surface area contributed by atoms with Crippen LogP contribution in [0.15, 0.2) is 18.2 Å². The molecule has 0 aliphatic carbocycles. The second kappa shape index (κ2) is 3.32. The van der Waals surface area contributed by atoms with Gasteiger partial charge in [-0.1, -0.05) is 18.2 Å². The number of hydrogen-bond donors (Lipinski definition) is 2. The zero-order valence-corrected chi connectivity index (χ0v) is 9.47. The number of hydrogen-bond acceptors (Lipinski definition) is 2. The first kappa shape index (κ1) is 9.85. The Hall–Kier alpha value is -1.35. The number of rotatable bonds is 0. The quantitative estimate of drug-likeness (QED) is 0.691. The van der Waals surface area contributed by atoms with Gasteiger partial charge in [-0.2, -0.15) is 0 Å². The first-order valence-electron chi connectivity index (χ1n) is 5.86. The molecule has 3 nitrogen and oxygen atoms in total.